The lowest BCUT2D eigenvalue weighted by atomic mass is 10.1. The minimum atomic E-state index is -0.0900. The van der Waals surface area contributed by atoms with Gasteiger partial charge in [0.1, 0.15) is 5.69 Å². The van der Waals surface area contributed by atoms with Gasteiger partial charge in [0.25, 0.3) is 0 Å². The number of hydrogen-bond acceptors (Lipinski definition) is 3. The van der Waals surface area contributed by atoms with Crippen molar-refractivity contribution in [3.05, 3.63) is 29.1 Å². The molecule has 0 atom stereocenters. The second-order valence-electron chi connectivity index (χ2n) is 3.96. The summed E-state index contributed by atoms with van der Waals surface area (Å²) in [6.45, 7) is 3.22. The molecule has 2 aromatic rings. The topological polar surface area (TPSA) is 67.8 Å². The monoisotopic (exact) mass is 231 g/mol. The molecule has 0 aliphatic carbocycles. The van der Waals surface area contributed by atoms with Crippen molar-refractivity contribution >= 4 is 12.1 Å². The quantitative estimate of drug-likeness (QED) is 0.646. The van der Waals surface area contributed by atoms with Crippen LogP contribution < -0.4 is 0 Å². The summed E-state index contributed by atoms with van der Waals surface area (Å²) in [5.41, 5.74) is 2.89. The predicted octanol–water partition coefficient (Wildman–Crippen LogP) is 1.74. The summed E-state index contributed by atoms with van der Waals surface area (Å²) in [7, 11) is 1.80. The van der Waals surface area contributed by atoms with E-state index < -0.39 is 0 Å². The maximum Gasteiger partial charge on any atom is 0.176 e. The average Bonchev–Trinajstić information content (AvgIpc) is 2.82. The van der Waals surface area contributed by atoms with Crippen LogP contribution in [0.5, 0.6) is 0 Å². The van der Waals surface area contributed by atoms with Crippen LogP contribution in [0.25, 0.3) is 11.4 Å². The van der Waals surface area contributed by atoms with Crippen molar-refractivity contribution in [2.24, 2.45) is 7.05 Å². The Morgan fingerprint density at radius 1 is 1.53 bits per heavy atom. The molecule has 2 aromatic heterocycles. The third kappa shape index (κ3) is 1.80. The highest BCUT2D eigenvalue weighted by Crippen LogP contribution is 2.25. The molecule has 2 heterocycles. The summed E-state index contributed by atoms with van der Waals surface area (Å²) >= 11 is 0. The van der Waals surface area contributed by atoms with Crippen LogP contribution in [0.4, 0.5) is 0 Å². The molecule has 0 amide bonds. The molecule has 0 bridgehead atoms. The SMILES string of the molecule is CC(=O)c1[nH]c(-c2ccn(C)n2)c(C=O)c1C. The van der Waals surface area contributed by atoms with E-state index in [2.05, 4.69) is 10.1 Å². The van der Waals surface area contributed by atoms with E-state index in [1.807, 2.05) is 0 Å². The van der Waals surface area contributed by atoms with Gasteiger partial charge in [-0.2, -0.15) is 5.10 Å². The molecule has 0 spiro atoms. The largest absolute Gasteiger partial charge is 0.350 e. The predicted molar refractivity (Wildman–Crippen MR) is 63.1 cm³/mol. The molecule has 88 valence electrons. The fourth-order valence-corrected chi connectivity index (χ4v) is 1.86. The van der Waals surface area contributed by atoms with Crippen LogP contribution in [0.15, 0.2) is 12.3 Å². The van der Waals surface area contributed by atoms with Crippen molar-refractivity contribution in [1.82, 2.24) is 14.8 Å². The van der Waals surface area contributed by atoms with E-state index in [0.717, 1.165) is 6.29 Å². The minimum Gasteiger partial charge on any atom is -0.350 e. The number of aromatic nitrogens is 3. The minimum absolute atomic E-state index is 0.0900. The molecule has 0 saturated heterocycles. The maximum absolute atomic E-state index is 11.4. The van der Waals surface area contributed by atoms with Gasteiger partial charge in [0.05, 0.1) is 11.4 Å². The van der Waals surface area contributed by atoms with Gasteiger partial charge in [0.2, 0.25) is 0 Å². The normalized spacial score (nSPS) is 10.5. The zero-order valence-electron chi connectivity index (χ0n) is 9.94. The highest BCUT2D eigenvalue weighted by atomic mass is 16.1. The Morgan fingerprint density at radius 2 is 2.24 bits per heavy atom. The molecule has 0 fully saturated rings. The van der Waals surface area contributed by atoms with Crippen LogP contribution in [0.3, 0.4) is 0 Å². The van der Waals surface area contributed by atoms with Crippen molar-refractivity contribution in [3.8, 4) is 11.4 Å². The summed E-state index contributed by atoms with van der Waals surface area (Å²) in [6.07, 6.45) is 2.54. The molecule has 0 saturated carbocycles. The Morgan fingerprint density at radius 3 is 2.71 bits per heavy atom. The first-order valence-electron chi connectivity index (χ1n) is 5.23. The molecule has 0 aliphatic heterocycles. The van der Waals surface area contributed by atoms with Gasteiger partial charge in [-0.1, -0.05) is 0 Å². The number of H-pyrrole nitrogens is 1. The number of aldehydes is 1. The van der Waals surface area contributed by atoms with E-state index in [9.17, 15) is 9.59 Å². The van der Waals surface area contributed by atoms with Gasteiger partial charge in [-0.3, -0.25) is 14.3 Å². The molecule has 2 rings (SSSR count). The molecule has 0 aliphatic rings. The Kier molecular flexibility index (Phi) is 2.67. The molecule has 0 radical (unpaired) electrons. The molecule has 0 aromatic carbocycles. The Labute approximate surface area is 98.5 Å². The number of Topliss-reactive ketones (excluding diaryl/α,β-unsaturated/α-hetero) is 1. The number of ketones is 1. The summed E-state index contributed by atoms with van der Waals surface area (Å²) in [6, 6.07) is 1.79. The smallest absolute Gasteiger partial charge is 0.176 e. The highest BCUT2D eigenvalue weighted by Gasteiger charge is 2.18. The number of rotatable bonds is 3. The number of nitrogens with one attached hydrogen (secondary N) is 1. The second kappa shape index (κ2) is 4.01. The molecular formula is C12H13N3O2. The van der Waals surface area contributed by atoms with Crippen LogP contribution in [-0.2, 0) is 7.05 Å². The van der Waals surface area contributed by atoms with E-state index in [-0.39, 0.29) is 5.78 Å². The standard InChI is InChI=1S/C12H13N3O2/c1-7-9(6-16)12(13-11(7)8(2)17)10-4-5-15(3)14-10/h4-6,13H,1-3H3. The molecule has 1 N–H and O–H groups in total. The summed E-state index contributed by atoms with van der Waals surface area (Å²) in [5, 5.41) is 4.22. The second-order valence-corrected chi connectivity index (χ2v) is 3.96. The Hall–Kier alpha value is -2.17. The first kappa shape index (κ1) is 11.3. The zero-order valence-corrected chi connectivity index (χ0v) is 9.94. The third-order valence-corrected chi connectivity index (χ3v) is 2.74. The fourth-order valence-electron chi connectivity index (χ4n) is 1.86. The number of hydrogen-bond donors (Lipinski definition) is 1. The van der Waals surface area contributed by atoms with Gasteiger partial charge in [0.15, 0.2) is 12.1 Å². The molecular weight excluding hydrogens is 218 g/mol. The molecule has 5 heteroatoms. The van der Waals surface area contributed by atoms with Crippen LogP contribution >= 0.6 is 0 Å². The molecule has 0 unspecified atom stereocenters. The number of nitrogens with zero attached hydrogens (tertiary/aromatic N) is 2. The molecule has 17 heavy (non-hydrogen) atoms. The Balaban J connectivity index is 2.65. The van der Waals surface area contributed by atoms with E-state index in [1.165, 1.54) is 6.92 Å². The average molecular weight is 231 g/mol. The third-order valence-electron chi connectivity index (χ3n) is 2.74. The van der Waals surface area contributed by atoms with Crippen LogP contribution in [-0.4, -0.2) is 26.8 Å². The van der Waals surface area contributed by atoms with Crippen molar-refractivity contribution < 1.29 is 9.59 Å². The lowest BCUT2D eigenvalue weighted by Crippen LogP contribution is -1.94. The van der Waals surface area contributed by atoms with Crippen LogP contribution in [0.2, 0.25) is 0 Å². The van der Waals surface area contributed by atoms with E-state index in [4.69, 9.17) is 0 Å². The molecule has 5 nitrogen and oxygen atoms in total. The number of carbonyl (C=O) groups is 2. The number of aromatic amines is 1. The van der Waals surface area contributed by atoms with E-state index >= 15 is 0 Å². The summed E-state index contributed by atoms with van der Waals surface area (Å²) in [4.78, 5) is 25.5. The van der Waals surface area contributed by atoms with Gasteiger partial charge in [-0.05, 0) is 18.6 Å². The van der Waals surface area contributed by atoms with Gasteiger partial charge >= 0.3 is 0 Å². The van der Waals surface area contributed by atoms with Crippen LogP contribution in [0, 0.1) is 6.92 Å². The van der Waals surface area contributed by atoms with E-state index in [0.29, 0.717) is 28.2 Å². The Bertz CT molecular complexity index is 593. The highest BCUT2D eigenvalue weighted by molar-refractivity contribution is 5.99. The maximum atomic E-state index is 11.4. The van der Waals surface area contributed by atoms with Gasteiger partial charge < -0.3 is 4.98 Å². The number of carbonyl (C=O) groups excluding carboxylic acids is 2. The van der Waals surface area contributed by atoms with Crippen LogP contribution in [0.1, 0.15) is 33.3 Å². The summed E-state index contributed by atoms with van der Waals surface area (Å²) < 4.78 is 1.65. The van der Waals surface area contributed by atoms with Crippen molar-refractivity contribution in [3.63, 3.8) is 0 Å². The van der Waals surface area contributed by atoms with Gasteiger partial charge in [0, 0.05) is 25.7 Å². The summed E-state index contributed by atoms with van der Waals surface area (Å²) in [5.74, 6) is -0.0900. The fraction of sp³-hybridized carbons (Fsp3) is 0.250. The lowest BCUT2D eigenvalue weighted by molar-refractivity contribution is 0.101. The first-order chi connectivity index (χ1) is 8.04. The zero-order chi connectivity index (χ0) is 12.6. The van der Waals surface area contributed by atoms with E-state index in [1.54, 1.807) is 30.9 Å². The van der Waals surface area contributed by atoms with Crippen molar-refractivity contribution in [1.29, 1.82) is 0 Å². The van der Waals surface area contributed by atoms with Crippen molar-refractivity contribution in [2.45, 2.75) is 13.8 Å². The number of aryl methyl sites for hydroxylation is 1. The van der Waals surface area contributed by atoms with Crippen molar-refractivity contribution in [2.75, 3.05) is 0 Å². The van der Waals surface area contributed by atoms with Gasteiger partial charge in [-0.25, -0.2) is 0 Å². The lowest BCUT2D eigenvalue weighted by Gasteiger charge is -1.93. The van der Waals surface area contributed by atoms with Gasteiger partial charge in [-0.15, -0.1) is 0 Å². The first-order valence-corrected chi connectivity index (χ1v) is 5.23.